The van der Waals surface area contributed by atoms with E-state index in [-0.39, 0.29) is 0 Å². The largest absolute Gasteiger partial charge is 0.386 e. The highest BCUT2D eigenvalue weighted by atomic mass is 14.9. The maximum absolute atomic E-state index is 4.22. The van der Waals surface area contributed by atoms with Gasteiger partial charge in [-0.3, -0.25) is 4.98 Å². The highest BCUT2D eigenvalue weighted by Gasteiger charge is 1.98. The fourth-order valence-electron chi connectivity index (χ4n) is 1.11. The molecular formula is C10H10N4. The molecule has 2 aromatic rings. The first-order valence-electron chi connectivity index (χ1n) is 4.30. The molecule has 0 atom stereocenters. The SMILES string of the molecule is CNc1cnc(-c2ccncc2)nc1. The van der Waals surface area contributed by atoms with Crippen molar-refractivity contribution in [1.82, 2.24) is 15.0 Å². The molecule has 2 heterocycles. The molecule has 70 valence electrons. The number of rotatable bonds is 2. The Bertz CT molecular complexity index is 396. The molecule has 1 N–H and O–H groups in total. The van der Waals surface area contributed by atoms with E-state index in [4.69, 9.17) is 0 Å². The van der Waals surface area contributed by atoms with Crippen LogP contribution in [0.3, 0.4) is 0 Å². The second kappa shape index (κ2) is 3.83. The Balaban J connectivity index is 2.34. The molecular weight excluding hydrogens is 176 g/mol. The van der Waals surface area contributed by atoms with Crippen LogP contribution in [0.4, 0.5) is 5.69 Å². The molecule has 2 aromatic heterocycles. The van der Waals surface area contributed by atoms with Crippen molar-refractivity contribution in [3.8, 4) is 11.4 Å². The van der Waals surface area contributed by atoms with Crippen molar-refractivity contribution in [2.45, 2.75) is 0 Å². The first-order chi connectivity index (χ1) is 6.90. The van der Waals surface area contributed by atoms with Crippen LogP contribution >= 0.6 is 0 Å². The van der Waals surface area contributed by atoms with Gasteiger partial charge in [0.2, 0.25) is 0 Å². The Morgan fingerprint density at radius 1 is 1.07 bits per heavy atom. The summed E-state index contributed by atoms with van der Waals surface area (Å²) < 4.78 is 0. The first kappa shape index (κ1) is 8.62. The third-order valence-electron chi connectivity index (χ3n) is 1.88. The summed E-state index contributed by atoms with van der Waals surface area (Å²) in [4.78, 5) is 12.4. The number of aromatic nitrogens is 3. The zero-order chi connectivity index (χ0) is 9.80. The van der Waals surface area contributed by atoms with Gasteiger partial charge in [-0.2, -0.15) is 0 Å². The summed E-state index contributed by atoms with van der Waals surface area (Å²) in [6.45, 7) is 0. The van der Waals surface area contributed by atoms with Gasteiger partial charge in [0, 0.05) is 25.0 Å². The summed E-state index contributed by atoms with van der Waals surface area (Å²) in [5.41, 5.74) is 1.88. The average Bonchev–Trinajstić information content (AvgIpc) is 2.30. The van der Waals surface area contributed by atoms with Gasteiger partial charge >= 0.3 is 0 Å². The standard InChI is InChI=1S/C10H10N4/c1-11-9-6-13-10(14-7-9)8-2-4-12-5-3-8/h2-7,11H,1H3. The van der Waals surface area contributed by atoms with E-state index < -0.39 is 0 Å². The van der Waals surface area contributed by atoms with E-state index >= 15 is 0 Å². The zero-order valence-electron chi connectivity index (χ0n) is 7.81. The molecule has 0 radical (unpaired) electrons. The Morgan fingerprint density at radius 2 is 1.71 bits per heavy atom. The number of pyridine rings is 1. The maximum Gasteiger partial charge on any atom is 0.159 e. The lowest BCUT2D eigenvalue weighted by Gasteiger charge is -2.00. The molecule has 4 heteroatoms. The summed E-state index contributed by atoms with van der Waals surface area (Å²) in [6, 6.07) is 3.77. The Morgan fingerprint density at radius 3 is 2.29 bits per heavy atom. The van der Waals surface area contributed by atoms with Crippen molar-refractivity contribution in [2.75, 3.05) is 12.4 Å². The highest BCUT2D eigenvalue weighted by molar-refractivity contribution is 5.54. The predicted molar refractivity (Wildman–Crippen MR) is 54.8 cm³/mol. The molecule has 0 saturated carbocycles. The van der Waals surface area contributed by atoms with Crippen LogP contribution in [0.5, 0.6) is 0 Å². The normalized spacial score (nSPS) is 9.79. The summed E-state index contributed by atoms with van der Waals surface area (Å²) in [5, 5.41) is 2.97. The summed E-state index contributed by atoms with van der Waals surface area (Å²) in [5.74, 6) is 0.714. The van der Waals surface area contributed by atoms with Gasteiger partial charge in [0.25, 0.3) is 0 Å². The Hall–Kier alpha value is -1.97. The van der Waals surface area contributed by atoms with Gasteiger partial charge in [0.1, 0.15) is 0 Å². The molecule has 0 aliphatic carbocycles. The lowest BCUT2D eigenvalue weighted by atomic mass is 10.2. The number of nitrogens with zero attached hydrogens (tertiary/aromatic N) is 3. The highest BCUT2D eigenvalue weighted by Crippen LogP contribution is 2.13. The first-order valence-corrected chi connectivity index (χ1v) is 4.30. The predicted octanol–water partition coefficient (Wildman–Crippen LogP) is 1.58. The lowest BCUT2D eigenvalue weighted by molar-refractivity contribution is 1.16. The minimum absolute atomic E-state index is 0.714. The molecule has 0 saturated heterocycles. The molecule has 0 fully saturated rings. The van der Waals surface area contributed by atoms with Crippen LogP contribution < -0.4 is 5.32 Å². The lowest BCUT2D eigenvalue weighted by Crippen LogP contribution is -1.93. The Kier molecular flexibility index (Phi) is 2.36. The number of hydrogen-bond acceptors (Lipinski definition) is 4. The van der Waals surface area contributed by atoms with E-state index in [1.54, 1.807) is 24.8 Å². The molecule has 2 rings (SSSR count). The van der Waals surface area contributed by atoms with E-state index in [1.165, 1.54) is 0 Å². The smallest absolute Gasteiger partial charge is 0.159 e. The quantitative estimate of drug-likeness (QED) is 0.773. The van der Waals surface area contributed by atoms with Crippen LogP contribution in [-0.4, -0.2) is 22.0 Å². The van der Waals surface area contributed by atoms with Gasteiger partial charge in [-0.05, 0) is 12.1 Å². The Labute approximate surface area is 82.1 Å². The summed E-state index contributed by atoms with van der Waals surface area (Å²) in [6.07, 6.45) is 6.96. The van der Waals surface area contributed by atoms with Crippen molar-refractivity contribution in [2.24, 2.45) is 0 Å². The van der Waals surface area contributed by atoms with E-state index in [0.717, 1.165) is 11.3 Å². The van der Waals surface area contributed by atoms with E-state index in [9.17, 15) is 0 Å². The van der Waals surface area contributed by atoms with E-state index in [2.05, 4.69) is 20.3 Å². The van der Waals surface area contributed by atoms with Crippen LogP contribution in [-0.2, 0) is 0 Å². The third kappa shape index (κ3) is 1.69. The fraction of sp³-hybridized carbons (Fsp3) is 0.100. The molecule has 14 heavy (non-hydrogen) atoms. The minimum Gasteiger partial charge on any atom is -0.386 e. The summed E-state index contributed by atoms with van der Waals surface area (Å²) in [7, 11) is 1.84. The fourth-order valence-corrected chi connectivity index (χ4v) is 1.11. The molecule has 0 unspecified atom stereocenters. The maximum atomic E-state index is 4.22. The number of hydrogen-bond donors (Lipinski definition) is 1. The minimum atomic E-state index is 0.714. The van der Waals surface area contributed by atoms with Crippen LogP contribution in [0.25, 0.3) is 11.4 Å². The third-order valence-corrected chi connectivity index (χ3v) is 1.88. The molecule has 4 nitrogen and oxygen atoms in total. The molecule has 0 bridgehead atoms. The van der Waals surface area contributed by atoms with Crippen LogP contribution in [0, 0.1) is 0 Å². The van der Waals surface area contributed by atoms with Gasteiger partial charge in [-0.1, -0.05) is 0 Å². The monoisotopic (exact) mass is 186 g/mol. The van der Waals surface area contributed by atoms with Crippen molar-refractivity contribution >= 4 is 5.69 Å². The van der Waals surface area contributed by atoms with Gasteiger partial charge in [0.05, 0.1) is 18.1 Å². The topological polar surface area (TPSA) is 50.7 Å². The van der Waals surface area contributed by atoms with E-state index in [0.29, 0.717) is 5.82 Å². The zero-order valence-corrected chi connectivity index (χ0v) is 7.81. The van der Waals surface area contributed by atoms with Gasteiger partial charge in [0.15, 0.2) is 5.82 Å². The van der Waals surface area contributed by atoms with Gasteiger partial charge in [-0.25, -0.2) is 9.97 Å². The van der Waals surface area contributed by atoms with E-state index in [1.807, 2.05) is 19.2 Å². The van der Waals surface area contributed by atoms with Crippen molar-refractivity contribution in [3.05, 3.63) is 36.9 Å². The average molecular weight is 186 g/mol. The molecule has 0 amide bonds. The second-order valence-electron chi connectivity index (χ2n) is 2.78. The number of nitrogens with one attached hydrogen (secondary N) is 1. The van der Waals surface area contributed by atoms with Crippen molar-refractivity contribution in [1.29, 1.82) is 0 Å². The van der Waals surface area contributed by atoms with Crippen LogP contribution in [0.1, 0.15) is 0 Å². The molecule has 0 aliphatic heterocycles. The van der Waals surface area contributed by atoms with Gasteiger partial charge in [-0.15, -0.1) is 0 Å². The number of anilines is 1. The van der Waals surface area contributed by atoms with Crippen molar-refractivity contribution < 1.29 is 0 Å². The molecule has 0 aromatic carbocycles. The molecule has 0 aliphatic rings. The van der Waals surface area contributed by atoms with Crippen LogP contribution in [0.15, 0.2) is 36.9 Å². The van der Waals surface area contributed by atoms with Gasteiger partial charge < -0.3 is 5.32 Å². The summed E-state index contributed by atoms with van der Waals surface area (Å²) >= 11 is 0. The van der Waals surface area contributed by atoms with Crippen LogP contribution in [0.2, 0.25) is 0 Å². The van der Waals surface area contributed by atoms with Crippen molar-refractivity contribution in [3.63, 3.8) is 0 Å². The second-order valence-corrected chi connectivity index (χ2v) is 2.78. The molecule has 0 spiro atoms.